The van der Waals surface area contributed by atoms with Crippen LogP contribution in [-0.2, 0) is 21.7 Å². The Balaban J connectivity index is 0. The van der Waals surface area contributed by atoms with Crippen LogP contribution in [0.4, 0.5) is 0 Å². The van der Waals surface area contributed by atoms with Crippen LogP contribution in [-0.4, -0.2) is 6.61 Å². The molecule has 0 aliphatic heterocycles. The molecule has 1 aliphatic rings. The SMILES string of the molecule is CCOc1ccccc1SC1=[C-]CC=C1.Cl.Cl.[Ti]. The largest absolute Gasteiger partial charge is 0.493 e. The number of hydrogen-bond acceptors (Lipinski definition) is 2. The monoisotopic (exact) mass is 337 g/mol. The molecule has 0 atom stereocenters. The molecule has 2 rings (SSSR count). The molecular formula is C13H15Cl2OSTi-. The maximum atomic E-state index is 5.56. The van der Waals surface area contributed by atoms with Gasteiger partial charge in [-0.2, -0.15) is 11.0 Å². The molecule has 0 fully saturated rings. The first-order valence-corrected chi connectivity index (χ1v) is 5.89. The van der Waals surface area contributed by atoms with E-state index in [-0.39, 0.29) is 46.5 Å². The molecule has 0 saturated heterocycles. The third-order valence-corrected chi connectivity index (χ3v) is 3.09. The zero-order chi connectivity index (χ0) is 10.5. The minimum absolute atomic E-state index is 0. The molecule has 0 spiro atoms. The van der Waals surface area contributed by atoms with Crippen LogP contribution in [0, 0.1) is 6.08 Å². The van der Waals surface area contributed by atoms with Gasteiger partial charge in [-0.3, -0.25) is 6.08 Å². The first kappa shape index (κ1) is 20.5. The summed E-state index contributed by atoms with van der Waals surface area (Å²) in [6, 6.07) is 8.11. The van der Waals surface area contributed by atoms with Gasteiger partial charge in [-0.25, -0.2) is 6.08 Å². The Morgan fingerprint density at radius 2 is 2.00 bits per heavy atom. The van der Waals surface area contributed by atoms with Crippen LogP contribution in [0.15, 0.2) is 46.2 Å². The van der Waals surface area contributed by atoms with Gasteiger partial charge >= 0.3 is 0 Å². The van der Waals surface area contributed by atoms with Crippen LogP contribution in [0.2, 0.25) is 0 Å². The van der Waals surface area contributed by atoms with Gasteiger partial charge in [0.25, 0.3) is 0 Å². The number of para-hydroxylation sites is 1. The van der Waals surface area contributed by atoms with Crippen LogP contribution in [0.1, 0.15) is 13.3 Å². The molecular weight excluding hydrogens is 323 g/mol. The van der Waals surface area contributed by atoms with E-state index < -0.39 is 0 Å². The summed E-state index contributed by atoms with van der Waals surface area (Å²) in [5.74, 6) is 0.958. The maximum absolute atomic E-state index is 5.56. The summed E-state index contributed by atoms with van der Waals surface area (Å²) in [7, 11) is 0. The van der Waals surface area contributed by atoms with Crippen molar-refractivity contribution in [3.05, 3.63) is 47.4 Å². The zero-order valence-corrected chi connectivity index (χ0v) is 14.0. The van der Waals surface area contributed by atoms with Gasteiger partial charge in [-0.05, 0) is 19.1 Å². The van der Waals surface area contributed by atoms with Gasteiger partial charge < -0.3 is 4.74 Å². The summed E-state index contributed by atoms with van der Waals surface area (Å²) in [6.07, 6.45) is 8.44. The molecule has 0 amide bonds. The molecule has 18 heavy (non-hydrogen) atoms. The summed E-state index contributed by atoms with van der Waals surface area (Å²) in [5.41, 5.74) is 0. The minimum Gasteiger partial charge on any atom is -0.493 e. The van der Waals surface area contributed by atoms with Crippen LogP contribution in [0.25, 0.3) is 0 Å². The van der Waals surface area contributed by atoms with E-state index in [9.17, 15) is 0 Å². The van der Waals surface area contributed by atoms with Crippen molar-refractivity contribution >= 4 is 36.6 Å². The van der Waals surface area contributed by atoms with E-state index in [0.717, 1.165) is 17.1 Å². The Bertz CT molecular complexity index is 408. The molecule has 98 valence electrons. The molecule has 1 aromatic carbocycles. The first-order valence-electron chi connectivity index (χ1n) is 5.07. The number of thioether (sulfide) groups is 1. The Kier molecular flexibility index (Phi) is 12.5. The number of allylic oxidation sites excluding steroid dienone is 3. The van der Waals surface area contributed by atoms with Crippen molar-refractivity contribution in [3.63, 3.8) is 0 Å². The van der Waals surface area contributed by atoms with Crippen LogP contribution in [0.3, 0.4) is 0 Å². The molecule has 1 aromatic rings. The van der Waals surface area contributed by atoms with Crippen molar-refractivity contribution in [1.82, 2.24) is 0 Å². The van der Waals surface area contributed by atoms with Crippen LogP contribution in [0.5, 0.6) is 5.75 Å². The molecule has 0 heterocycles. The van der Waals surface area contributed by atoms with Crippen LogP contribution < -0.4 is 4.74 Å². The third kappa shape index (κ3) is 5.86. The molecule has 1 aliphatic carbocycles. The van der Waals surface area contributed by atoms with E-state index in [2.05, 4.69) is 24.3 Å². The van der Waals surface area contributed by atoms with Crippen molar-refractivity contribution in [1.29, 1.82) is 0 Å². The number of hydrogen-bond donors (Lipinski definition) is 0. The summed E-state index contributed by atoms with van der Waals surface area (Å²) in [5, 5.41) is 0. The number of rotatable bonds is 4. The predicted octanol–water partition coefficient (Wildman–Crippen LogP) is 4.67. The smallest absolute Gasteiger partial charge is 0.133 e. The topological polar surface area (TPSA) is 9.23 Å². The number of benzene rings is 1. The van der Waals surface area contributed by atoms with E-state index in [0.29, 0.717) is 6.61 Å². The molecule has 0 unspecified atom stereocenters. The van der Waals surface area contributed by atoms with Gasteiger partial charge in [-0.1, -0.05) is 12.1 Å². The Labute approximate surface area is 140 Å². The summed E-state index contributed by atoms with van der Waals surface area (Å²) < 4.78 is 5.56. The van der Waals surface area contributed by atoms with Crippen molar-refractivity contribution < 1.29 is 26.5 Å². The second kappa shape index (κ2) is 11.0. The van der Waals surface area contributed by atoms with Crippen molar-refractivity contribution in [2.75, 3.05) is 6.61 Å². The van der Waals surface area contributed by atoms with E-state index in [1.165, 1.54) is 4.91 Å². The Morgan fingerprint density at radius 3 is 2.61 bits per heavy atom. The third-order valence-electron chi connectivity index (χ3n) is 2.03. The average Bonchev–Trinajstić information content (AvgIpc) is 2.74. The zero-order valence-electron chi connectivity index (χ0n) is 10.0. The molecule has 0 bridgehead atoms. The molecule has 0 aromatic heterocycles. The van der Waals surface area contributed by atoms with E-state index in [4.69, 9.17) is 4.74 Å². The number of ether oxygens (including phenoxy) is 1. The van der Waals surface area contributed by atoms with Gasteiger partial charge in [0.1, 0.15) is 5.75 Å². The summed E-state index contributed by atoms with van der Waals surface area (Å²) in [6.45, 7) is 2.71. The standard InChI is InChI=1S/C13H13OS.2ClH.Ti/c1-2-14-12-9-5-6-10-13(12)15-11-7-3-4-8-11;;;/h3,5-7,9-10H,2,4H2,1H3;2*1H;/q-1;;;. The molecule has 1 nitrogen and oxygen atoms in total. The normalized spacial score (nSPS) is 11.7. The average molecular weight is 338 g/mol. The second-order valence-corrected chi connectivity index (χ2v) is 4.21. The van der Waals surface area contributed by atoms with Gasteiger partial charge in [-0.15, -0.1) is 43.0 Å². The molecule has 0 radical (unpaired) electrons. The molecule has 0 saturated carbocycles. The van der Waals surface area contributed by atoms with Gasteiger partial charge in [0.15, 0.2) is 0 Å². The van der Waals surface area contributed by atoms with Crippen molar-refractivity contribution in [2.24, 2.45) is 0 Å². The fraction of sp³-hybridized carbons (Fsp3) is 0.231. The fourth-order valence-corrected chi connectivity index (χ4v) is 2.31. The quantitative estimate of drug-likeness (QED) is 0.583. The van der Waals surface area contributed by atoms with E-state index in [1.54, 1.807) is 11.8 Å². The van der Waals surface area contributed by atoms with Crippen molar-refractivity contribution in [3.8, 4) is 5.75 Å². The number of halogens is 2. The minimum atomic E-state index is 0. The summed E-state index contributed by atoms with van der Waals surface area (Å²) in [4.78, 5) is 2.34. The molecule has 0 N–H and O–H groups in total. The van der Waals surface area contributed by atoms with Crippen LogP contribution >= 0.6 is 36.6 Å². The molecule has 5 heteroatoms. The predicted molar refractivity (Wildman–Crippen MR) is 78.5 cm³/mol. The van der Waals surface area contributed by atoms with E-state index in [1.807, 2.05) is 25.1 Å². The fourth-order valence-electron chi connectivity index (χ4n) is 1.38. The van der Waals surface area contributed by atoms with Gasteiger partial charge in [0.05, 0.1) is 11.5 Å². The van der Waals surface area contributed by atoms with E-state index >= 15 is 0 Å². The summed E-state index contributed by atoms with van der Waals surface area (Å²) >= 11 is 1.71. The Morgan fingerprint density at radius 1 is 1.28 bits per heavy atom. The first-order chi connectivity index (χ1) is 7.40. The van der Waals surface area contributed by atoms with Crippen molar-refractivity contribution in [2.45, 2.75) is 18.2 Å². The van der Waals surface area contributed by atoms with Gasteiger partial charge in [0.2, 0.25) is 0 Å². The second-order valence-electron chi connectivity index (χ2n) is 3.13. The maximum Gasteiger partial charge on any atom is 0.133 e. The Hall–Kier alpha value is 0.144. The van der Waals surface area contributed by atoms with Gasteiger partial charge in [0, 0.05) is 21.7 Å².